The first-order chi connectivity index (χ1) is 8.94. The first kappa shape index (κ1) is 13.4. The summed E-state index contributed by atoms with van der Waals surface area (Å²) in [5.74, 6) is 1.29. The lowest BCUT2D eigenvalue weighted by atomic mass is 9.71. The van der Waals surface area contributed by atoms with Gasteiger partial charge in [-0.2, -0.15) is 0 Å². The number of fused-ring (bicyclic) bond motifs is 3. The Kier molecular flexibility index (Phi) is 2.97. The van der Waals surface area contributed by atoms with Crippen molar-refractivity contribution in [2.24, 2.45) is 5.92 Å². The Morgan fingerprint density at radius 3 is 2.95 bits per heavy atom. The molecule has 3 unspecified atom stereocenters. The summed E-state index contributed by atoms with van der Waals surface area (Å²) < 4.78 is 7.41. The summed E-state index contributed by atoms with van der Waals surface area (Å²) in [6, 6.07) is 4.25. The maximum Gasteiger partial charge on any atom is 0.147 e. The van der Waals surface area contributed by atoms with Crippen LogP contribution in [-0.4, -0.2) is 17.5 Å². The fraction of sp³-hybridized carbons (Fsp3) is 0.600. The summed E-state index contributed by atoms with van der Waals surface area (Å²) >= 11 is 3.61. The maximum atomic E-state index is 9.00. The third-order valence-electron chi connectivity index (χ3n) is 5.23. The topological polar surface area (TPSA) is 38.7 Å². The molecule has 1 aromatic rings. The van der Waals surface area contributed by atoms with Crippen molar-refractivity contribution < 1.29 is 14.9 Å². The fourth-order valence-electron chi connectivity index (χ4n) is 3.86. The van der Waals surface area contributed by atoms with Crippen molar-refractivity contribution in [2.75, 3.05) is 6.61 Å². The molecular weight excluding hydrogens is 308 g/mol. The van der Waals surface area contributed by atoms with Gasteiger partial charge in [0, 0.05) is 15.5 Å². The van der Waals surface area contributed by atoms with E-state index in [1.54, 1.807) is 0 Å². The molecule has 2 aliphatic rings. The highest BCUT2D eigenvalue weighted by molar-refractivity contribution is 9.10. The van der Waals surface area contributed by atoms with Gasteiger partial charge in [-0.1, -0.05) is 29.8 Å². The second kappa shape index (κ2) is 4.21. The molecule has 0 saturated heterocycles. The van der Waals surface area contributed by atoms with Crippen molar-refractivity contribution in [3.63, 3.8) is 0 Å². The Hall–Kier alpha value is -0.580. The molecule has 3 atom stereocenters. The van der Waals surface area contributed by atoms with Crippen molar-refractivity contribution in [2.45, 2.75) is 44.6 Å². The van der Waals surface area contributed by atoms with Crippen molar-refractivity contribution in [1.82, 2.24) is 0 Å². The Balaban J connectivity index is 2.17. The van der Waals surface area contributed by atoms with Gasteiger partial charge in [-0.3, -0.25) is 5.26 Å². The maximum absolute atomic E-state index is 9.00. The van der Waals surface area contributed by atoms with Crippen LogP contribution >= 0.6 is 15.9 Å². The van der Waals surface area contributed by atoms with E-state index < -0.39 is 5.60 Å². The van der Waals surface area contributed by atoms with E-state index in [0.717, 1.165) is 28.6 Å². The molecule has 0 amide bonds. The third-order valence-corrected chi connectivity index (χ3v) is 6.09. The average Bonchev–Trinajstić information content (AvgIpc) is 2.73. The van der Waals surface area contributed by atoms with Gasteiger partial charge < -0.3 is 4.74 Å². The Morgan fingerprint density at radius 2 is 2.26 bits per heavy atom. The van der Waals surface area contributed by atoms with Gasteiger partial charge in [0.25, 0.3) is 0 Å². The second-order valence-electron chi connectivity index (χ2n) is 6.13. The van der Waals surface area contributed by atoms with Crippen LogP contribution in [0.15, 0.2) is 16.6 Å². The van der Waals surface area contributed by atoms with Gasteiger partial charge in [0.05, 0.1) is 0 Å². The molecule has 1 aliphatic carbocycles. The van der Waals surface area contributed by atoms with Gasteiger partial charge in [0.2, 0.25) is 0 Å². The zero-order chi connectivity index (χ0) is 13.8. The quantitative estimate of drug-likeness (QED) is 0.657. The molecule has 1 aliphatic heterocycles. The largest absolute Gasteiger partial charge is 0.483 e. The molecule has 0 aromatic heterocycles. The minimum absolute atomic E-state index is 0.0965. The molecule has 104 valence electrons. The molecule has 1 saturated carbocycles. The first-order valence-corrected chi connectivity index (χ1v) is 7.50. The Bertz CT molecular complexity index is 530. The molecule has 1 N–H and O–H groups in total. The molecule has 0 spiro atoms. The van der Waals surface area contributed by atoms with Crippen LogP contribution in [-0.2, 0) is 10.3 Å². The van der Waals surface area contributed by atoms with Crippen LogP contribution in [0.4, 0.5) is 0 Å². The van der Waals surface area contributed by atoms with Crippen molar-refractivity contribution in [1.29, 1.82) is 0 Å². The minimum Gasteiger partial charge on any atom is -0.483 e. The van der Waals surface area contributed by atoms with Gasteiger partial charge in [0.15, 0.2) is 0 Å². The molecule has 1 heterocycles. The SMILES string of the molecule is Cc1cc2c(cc1Br)C1(C)CCC(C)C1(COO)O2. The highest BCUT2D eigenvalue weighted by atomic mass is 79.9. The normalized spacial score (nSPS) is 35.9. The van der Waals surface area contributed by atoms with Gasteiger partial charge >= 0.3 is 0 Å². The average molecular weight is 327 g/mol. The Labute approximate surface area is 122 Å². The lowest BCUT2D eigenvalue weighted by Gasteiger charge is -2.38. The van der Waals surface area contributed by atoms with Crippen molar-refractivity contribution in [3.05, 3.63) is 27.7 Å². The molecule has 0 bridgehead atoms. The van der Waals surface area contributed by atoms with Gasteiger partial charge in [-0.05, 0) is 43.4 Å². The van der Waals surface area contributed by atoms with E-state index in [1.165, 1.54) is 5.56 Å². The number of rotatable bonds is 2. The summed E-state index contributed by atoms with van der Waals surface area (Å²) in [7, 11) is 0. The summed E-state index contributed by atoms with van der Waals surface area (Å²) in [6.07, 6.45) is 2.14. The molecule has 1 fully saturated rings. The standard InChI is InChI=1S/C15H19BrO3/c1-9-6-13-11(7-12(9)16)14(3)5-4-10(2)15(14,19-13)8-18-17/h6-7,10,17H,4-5,8H2,1-3H3. The molecule has 1 aromatic carbocycles. The summed E-state index contributed by atoms with van der Waals surface area (Å²) in [5, 5.41) is 9.00. The summed E-state index contributed by atoms with van der Waals surface area (Å²) in [5.41, 5.74) is 1.85. The monoisotopic (exact) mass is 326 g/mol. The third kappa shape index (κ3) is 1.57. The molecule has 0 radical (unpaired) electrons. The zero-order valence-electron chi connectivity index (χ0n) is 11.5. The van der Waals surface area contributed by atoms with Crippen LogP contribution in [0.2, 0.25) is 0 Å². The van der Waals surface area contributed by atoms with E-state index in [2.05, 4.69) is 53.7 Å². The van der Waals surface area contributed by atoms with Gasteiger partial charge in [-0.15, -0.1) is 0 Å². The Morgan fingerprint density at radius 1 is 1.53 bits per heavy atom. The highest BCUT2D eigenvalue weighted by Gasteiger charge is 2.64. The smallest absolute Gasteiger partial charge is 0.147 e. The van der Waals surface area contributed by atoms with Gasteiger partial charge in [-0.25, -0.2) is 4.89 Å². The van der Waals surface area contributed by atoms with Gasteiger partial charge in [0.1, 0.15) is 18.0 Å². The van der Waals surface area contributed by atoms with Crippen LogP contribution in [0.1, 0.15) is 37.8 Å². The highest BCUT2D eigenvalue weighted by Crippen LogP contribution is 2.60. The predicted molar refractivity (Wildman–Crippen MR) is 76.6 cm³/mol. The molecule has 3 nitrogen and oxygen atoms in total. The predicted octanol–water partition coefficient (Wildman–Crippen LogP) is 4.07. The zero-order valence-corrected chi connectivity index (χ0v) is 13.1. The lowest BCUT2D eigenvalue weighted by Crippen LogP contribution is -2.52. The number of benzene rings is 1. The van der Waals surface area contributed by atoms with Crippen molar-refractivity contribution >= 4 is 15.9 Å². The van der Waals surface area contributed by atoms with Crippen LogP contribution < -0.4 is 4.74 Å². The number of ether oxygens (including phenoxy) is 1. The molecule has 3 rings (SSSR count). The van der Waals surface area contributed by atoms with Crippen LogP contribution in [0.25, 0.3) is 0 Å². The van der Waals surface area contributed by atoms with E-state index in [4.69, 9.17) is 9.99 Å². The van der Waals surface area contributed by atoms with E-state index in [-0.39, 0.29) is 12.0 Å². The second-order valence-corrected chi connectivity index (χ2v) is 6.99. The fourth-order valence-corrected chi connectivity index (χ4v) is 4.21. The van der Waals surface area contributed by atoms with Crippen LogP contribution in [0.3, 0.4) is 0 Å². The summed E-state index contributed by atoms with van der Waals surface area (Å²) in [6.45, 7) is 6.68. The summed E-state index contributed by atoms with van der Waals surface area (Å²) in [4.78, 5) is 4.52. The van der Waals surface area contributed by atoms with E-state index in [0.29, 0.717) is 5.92 Å². The molecule has 19 heavy (non-hydrogen) atoms. The number of halogens is 1. The number of aryl methyl sites for hydroxylation is 1. The minimum atomic E-state index is -0.447. The molecule has 4 heteroatoms. The van der Waals surface area contributed by atoms with E-state index >= 15 is 0 Å². The number of hydrogen-bond acceptors (Lipinski definition) is 3. The van der Waals surface area contributed by atoms with Crippen molar-refractivity contribution in [3.8, 4) is 5.75 Å². The first-order valence-electron chi connectivity index (χ1n) is 6.70. The number of hydrogen-bond donors (Lipinski definition) is 1. The van der Waals surface area contributed by atoms with Crippen LogP contribution in [0, 0.1) is 12.8 Å². The molecular formula is C15H19BrO3. The van der Waals surface area contributed by atoms with E-state index in [1.807, 2.05) is 0 Å². The van der Waals surface area contributed by atoms with Crippen LogP contribution in [0.5, 0.6) is 5.75 Å². The lowest BCUT2D eigenvalue weighted by molar-refractivity contribution is -0.276. The van der Waals surface area contributed by atoms with E-state index in [9.17, 15) is 0 Å².